The maximum absolute atomic E-state index is 13.0. The summed E-state index contributed by atoms with van der Waals surface area (Å²) in [5.74, 6) is 0.594. The molecular formula is C22H19N5OS2. The van der Waals surface area contributed by atoms with Gasteiger partial charge in [-0.25, -0.2) is 4.68 Å². The molecule has 6 nitrogen and oxygen atoms in total. The summed E-state index contributed by atoms with van der Waals surface area (Å²) in [6.07, 6.45) is 2.85. The third kappa shape index (κ3) is 3.88. The van der Waals surface area contributed by atoms with E-state index in [1.807, 2.05) is 53.2 Å². The van der Waals surface area contributed by atoms with Crippen molar-refractivity contribution in [3.63, 3.8) is 0 Å². The molecule has 0 spiro atoms. The molecule has 1 aliphatic carbocycles. The monoisotopic (exact) mass is 433 g/mol. The second-order valence-electron chi connectivity index (χ2n) is 6.98. The topological polar surface area (TPSA) is 72.7 Å². The van der Waals surface area contributed by atoms with Gasteiger partial charge in [0.05, 0.1) is 5.69 Å². The summed E-state index contributed by atoms with van der Waals surface area (Å²) in [5, 5.41) is 16.3. The number of nitrogens with one attached hydrogen (secondary N) is 1. The van der Waals surface area contributed by atoms with E-state index in [1.165, 1.54) is 16.9 Å². The molecule has 0 radical (unpaired) electrons. The largest absolute Gasteiger partial charge is 0.295 e. The molecule has 8 heteroatoms. The van der Waals surface area contributed by atoms with Crippen LogP contribution in [-0.4, -0.2) is 25.9 Å². The van der Waals surface area contributed by atoms with Crippen molar-refractivity contribution >= 4 is 34.1 Å². The second-order valence-corrected chi connectivity index (χ2v) is 9.18. The smallest absolute Gasteiger partial charge is 0.278 e. The molecule has 0 bridgehead atoms. The van der Waals surface area contributed by atoms with E-state index in [-0.39, 0.29) is 5.91 Å². The highest BCUT2D eigenvalue weighted by Gasteiger charge is 2.27. The summed E-state index contributed by atoms with van der Waals surface area (Å²) >= 11 is 3.00. The highest BCUT2D eigenvalue weighted by Crippen LogP contribution is 2.30. The molecule has 0 unspecified atom stereocenters. The van der Waals surface area contributed by atoms with Crippen LogP contribution in [0, 0.1) is 0 Å². The average Bonchev–Trinajstić information content (AvgIpc) is 3.50. The fourth-order valence-electron chi connectivity index (χ4n) is 3.60. The molecule has 0 aliphatic heterocycles. The first-order valence-electron chi connectivity index (χ1n) is 9.76. The molecule has 4 aromatic rings. The first-order valence-corrected chi connectivity index (χ1v) is 11.6. The van der Waals surface area contributed by atoms with Gasteiger partial charge in [-0.15, -0.1) is 10.2 Å². The van der Waals surface area contributed by atoms with E-state index in [0.29, 0.717) is 10.8 Å². The Balaban J connectivity index is 1.31. The third-order valence-corrected chi connectivity index (χ3v) is 7.02. The van der Waals surface area contributed by atoms with Crippen LogP contribution in [0.5, 0.6) is 0 Å². The van der Waals surface area contributed by atoms with Gasteiger partial charge in [0.25, 0.3) is 5.91 Å². The van der Waals surface area contributed by atoms with Gasteiger partial charge in [0.15, 0.2) is 10.0 Å². The average molecular weight is 434 g/mol. The highest BCUT2D eigenvalue weighted by molar-refractivity contribution is 8.00. The number of fused-ring (bicyclic) bond motifs is 1. The van der Waals surface area contributed by atoms with E-state index in [4.69, 9.17) is 0 Å². The molecule has 5 rings (SSSR count). The SMILES string of the molecule is O=C(Nc1nnc(SCc2ccccc2)s1)c1nn(-c2ccccc2)c2c1CCC2. The van der Waals surface area contributed by atoms with Crippen LogP contribution in [0.2, 0.25) is 0 Å². The van der Waals surface area contributed by atoms with Gasteiger partial charge >= 0.3 is 0 Å². The van der Waals surface area contributed by atoms with E-state index in [0.717, 1.165) is 46.3 Å². The van der Waals surface area contributed by atoms with Crippen molar-refractivity contribution in [2.24, 2.45) is 0 Å². The summed E-state index contributed by atoms with van der Waals surface area (Å²) in [7, 11) is 0. The Morgan fingerprint density at radius 1 is 1.03 bits per heavy atom. The van der Waals surface area contributed by atoms with Crippen molar-refractivity contribution in [1.29, 1.82) is 0 Å². The minimum absolute atomic E-state index is 0.224. The Hall–Kier alpha value is -2.97. The molecule has 2 heterocycles. The first kappa shape index (κ1) is 19.0. The third-order valence-electron chi connectivity index (χ3n) is 4.98. The van der Waals surface area contributed by atoms with Crippen LogP contribution in [0.1, 0.15) is 33.7 Å². The molecular weight excluding hydrogens is 414 g/mol. The Bertz CT molecular complexity index is 1170. The summed E-state index contributed by atoms with van der Waals surface area (Å²) in [4.78, 5) is 13.0. The number of benzene rings is 2. The number of thioether (sulfide) groups is 1. The van der Waals surface area contributed by atoms with Gasteiger partial charge in [0.2, 0.25) is 5.13 Å². The Morgan fingerprint density at radius 3 is 2.60 bits per heavy atom. The van der Waals surface area contributed by atoms with Crippen molar-refractivity contribution in [3.05, 3.63) is 83.2 Å². The van der Waals surface area contributed by atoms with Crippen LogP contribution in [-0.2, 0) is 18.6 Å². The molecule has 30 heavy (non-hydrogen) atoms. The summed E-state index contributed by atoms with van der Waals surface area (Å²) in [6.45, 7) is 0. The summed E-state index contributed by atoms with van der Waals surface area (Å²) in [5.41, 5.74) is 4.86. The highest BCUT2D eigenvalue weighted by atomic mass is 32.2. The van der Waals surface area contributed by atoms with E-state index in [1.54, 1.807) is 11.8 Å². The van der Waals surface area contributed by atoms with Crippen LogP contribution in [0.3, 0.4) is 0 Å². The molecule has 0 saturated heterocycles. The number of amides is 1. The number of hydrogen-bond donors (Lipinski definition) is 1. The number of anilines is 1. The van der Waals surface area contributed by atoms with Gasteiger partial charge in [0.1, 0.15) is 0 Å². The zero-order valence-electron chi connectivity index (χ0n) is 16.1. The van der Waals surface area contributed by atoms with Crippen LogP contribution in [0.15, 0.2) is 65.0 Å². The lowest BCUT2D eigenvalue weighted by atomic mass is 10.2. The first-order chi connectivity index (χ1) is 14.8. The Labute approximate surface area is 182 Å². The molecule has 2 aromatic heterocycles. The van der Waals surface area contributed by atoms with Crippen LogP contribution in [0.25, 0.3) is 5.69 Å². The van der Waals surface area contributed by atoms with E-state index in [9.17, 15) is 4.79 Å². The van der Waals surface area contributed by atoms with E-state index in [2.05, 4.69) is 32.7 Å². The maximum atomic E-state index is 13.0. The summed E-state index contributed by atoms with van der Waals surface area (Å²) in [6, 6.07) is 20.2. The van der Waals surface area contributed by atoms with Crippen molar-refractivity contribution in [3.8, 4) is 5.69 Å². The van der Waals surface area contributed by atoms with Gasteiger partial charge in [-0.2, -0.15) is 5.10 Å². The van der Waals surface area contributed by atoms with Crippen molar-refractivity contribution < 1.29 is 4.79 Å². The number of nitrogens with zero attached hydrogens (tertiary/aromatic N) is 4. The van der Waals surface area contributed by atoms with Crippen molar-refractivity contribution in [2.75, 3.05) is 5.32 Å². The minimum Gasteiger partial charge on any atom is -0.295 e. The molecule has 150 valence electrons. The fraction of sp³-hybridized carbons (Fsp3) is 0.182. The van der Waals surface area contributed by atoms with Crippen molar-refractivity contribution in [1.82, 2.24) is 20.0 Å². The number of para-hydroxylation sites is 1. The van der Waals surface area contributed by atoms with E-state index < -0.39 is 0 Å². The lowest BCUT2D eigenvalue weighted by Crippen LogP contribution is -2.14. The zero-order chi connectivity index (χ0) is 20.3. The second kappa shape index (κ2) is 8.41. The lowest BCUT2D eigenvalue weighted by Gasteiger charge is -2.04. The quantitative estimate of drug-likeness (QED) is 0.351. The molecule has 0 atom stereocenters. The molecule has 1 aliphatic rings. The van der Waals surface area contributed by atoms with E-state index >= 15 is 0 Å². The van der Waals surface area contributed by atoms with Gasteiger partial charge in [-0.05, 0) is 37.0 Å². The maximum Gasteiger partial charge on any atom is 0.278 e. The van der Waals surface area contributed by atoms with Crippen molar-refractivity contribution in [2.45, 2.75) is 29.4 Å². The normalized spacial score (nSPS) is 12.7. The van der Waals surface area contributed by atoms with Crippen LogP contribution >= 0.6 is 23.1 Å². The number of rotatable bonds is 6. The number of aromatic nitrogens is 4. The molecule has 2 aromatic carbocycles. The van der Waals surface area contributed by atoms with Gasteiger partial charge < -0.3 is 0 Å². The number of carbonyl (C=O) groups is 1. The van der Waals surface area contributed by atoms with Gasteiger partial charge in [-0.1, -0.05) is 71.6 Å². The molecule has 1 N–H and O–H groups in total. The molecule has 0 saturated carbocycles. The Kier molecular flexibility index (Phi) is 5.33. The van der Waals surface area contributed by atoms with Gasteiger partial charge in [0, 0.05) is 17.0 Å². The van der Waals surface area contributed by atoms with Gasteiger partial charge in [-0.3, -0.25) is 10.1 Å². The van der Waals surface area contributed by atoms with Crippen LogP contribution in [0.4, 0.5) is 5.13 Å². The predicted octanol–water partition coefficient (Wildman–Crippen LogP) is 4.76. The minimum atomic E-state index is -0.224. The zero-order valence-corrected chi connectivity index (χ0v) is 17.7. The Morgan fingerprint density at radius 2 is 1.80 bits per heavy atom. The molecule has 1 amide bonds. The lowest BCUT2D eigenvalue weighted by molar-refractivity contribution is 0.102. The summed E-state index contributed by atoms with van der Waals surface area (Å²) < 4.78 is 2.73. The standard InChI is InChI=1S/C22H19N5OS2/c28-20(23-21-24-25-22(30-21)29-14-15-8-3-1-4-9-15)19-17-12-7-13-18(17)27(26-19)16-10-5-2-6-11-16/h1-6,8-11H,7,12-14H2,(H,23,24,28). The number of hydrogen-bond acceptors (Lipinski definition) is 6. The van der Waals surface area contributed by atoms with Crippen LogP contribution < -0.4 is 5.32 Å². The molecule has 0 fully saturated rings. The predicted molar refractivity (Wildman–Crippen MR) is 119 cm³/mol. The number of carbonyl (C=O) groups excluding carboxylic acids is 1. The fourth-order valence-corrected chi connectivity index (χ4v) is 5.30.